The number of anilines is 1. The molecule has 0 amide bonds. The molecule has 0 radical (unpaired) electrons. The minimum Gasteiger partial charge on any atom is -0.478 e. The maximum Gasteiger partial charge on any atom is 0.337 e. The first-order valence-electron chi connectivity index (χ1n) is 6.29. The lowest BCUT2D eigenvalue weighted by Gasteiger charge is -2.38. The van der Waals surface area contributed by atoms with Crippen LogP contribution < -0.4 is 4.90 Å². The van der Waals surface area contributed by atoms with Crippen LogP contribution in [0.5, 0.6) is 0 Å². The summed E-state index contributed by atoms with van der Waals surface area (Å²) in [4.78, 5) is 23.2. The highest BCUT2D eigenvalue weighted by molar-refractivity contribution is 5.95. The van der Waals surface area contributed by atoms with Gasteiger partial charge in [-0.25, -0.2) is 4.79 Å². The van der Waals surface area contributed by atoms with Crippen molar-refractivity contribution in [1.29, 1.82) is 0 Å². The Balaban J connectivity index is 2.44. The molecule has 0 bridgehead atoms. The molecule has 1 atom stereocenters. The van der Waals surface area contributed by atoms with E-state index in [1.54, 1.807) is 11.8 Å². The zero-order valence-electron chi connectivity index (χ0n) is 11.1. The SMILES string of the molecule is CC1(O)CCCN(c2cc([N+](=O)[O-])ccc2C(=O)O)C1. The normalized spacial score (nSPS) is 22.6. The van der Waals surface area contributed by atoms with Crippen molar-refractivity contribution in [1.82, 2.24) is 0 Å². The van der Waals surface area contributed by atoms with Crippen molar-refractivity contribution in [2.24, 2.45) is 0 Å². The molecule has 0 aliphatic carbocycles. The number of nitro benzene ring substituents is 1. The van der Waals surface area contributed by atoms with Crippen LogP contribution in [0.15, 0.2) is 18.2 Å². The molecule has 1 aromatic carbocycles. The lowest BCUT2D eigenvalue weighted by Crippen LogP contribution is -2.46. The van der Waals surface area contributed by atoms with Crippen molar-refractivity contribution in [3.63, 3.8) is 0 Å². The molecule has 1 heterocycles. The molecule has 1 aliphatic heterocycles. The number of aromatic carboxylic acids is 1. The predicted molar refractivity (Wildman–Crippen MR) is 72.1 cm³/mol. The summed E-state index contributed by atoms with van der Waals surface area (Å²) in [6.45, 7) is 2.50. The van der Waals surface area contributed by atoms with E-state index in [-0.39, 0.29) is 23.5 Å². The molecule has 0 saturated carbocycles. The van der Waals surface area contributed by atoms with E-state index < -0.39 is 16.5 Å². The molecule has 1 aliphatic rings. The Labute approximate surface area is 115 Å². The van der Waals surface area contributed by atoms with Gasteiger partial charge < -0.3 is 15.1 Å². The Bertz CT molecular complexity index is 556. The topological polar surface area (TPSA) is 104 Å². The van der Waals surface area contributed by atoms with Gasteiger partial charge >= 0.3 is 5.97 Å². The van der Waals surface area contributed by atoms with E-state index in [1.165, 1.54) is 18.2 Å². The number of carboxylic acids is 1. The van der Waals surface area contributed by atoms with Crippen LogP contribution in [0.4, 0.5) is 11.4 Å². The Hall–Kier alpha value is -2.15. The molecule has 0 aromatic heterocycles. The first-order chi connectivity index (χ1) is 9.30. The minimum absolute atomic E-state index is 0.00769. The minimum atomic E-state index is -1.14. The van der Waals surface area contributed by atoms with Crippen LogP contribution in [0.25, 0.3) is 0 Å². The van der Waals surface area contributed by atoms with Gasteiger partial charge in [0.15, 0.2) is 0 Å². The number of β-amino-alcohol motifs (C(OH)–C–C–N with tert-alkyl or cyclic N) is 1. The molecular weight excluding hydrogens is 264 g/mol. The van der Waals surface area contributed by atoms with Crippen molar-refractivity contribution >= 4 is 17.3 Å². The Kier molecular flexibility index (Phi) is 3.63. The second kappa shape index (κ2) is 5.09. The Morgan fingerprint density at radius 2 is 2.20 bits per heavy atom. The van der Waals surface area contributed by atoms with Gasteiger partial charge in [0.25, 0.3) is 5.69 Å². The number of hydrogen-bond acceptors (Lipinski definition) is 5. The third kappa shape index (κ3) is 2.88. The molecule has 1 saturated heterocycles. The van der Waals surface area contributed by atoms with Crippen LogP contribution in [0.3, 0.4) is 0 Å². The Morgan fingerprint density at radius 3 is 2.75 bits per heavy atom. The van der Waals surface area contributed by atoms with Gasteiger partial charge in [-0.05, 0) is 25.8 Å². The average Bonchev–Trinajstić information content (AvgIpc) is 2.36. The molecule has 0 spiro atoms. The van der Waals surface area contributed by atoms with E-state index in [9.17, 15) is 25.1 Å². The molecular formula is C13H16N2O5. The summed E-state index contributed by atoms with van der Waals surface area (Å²) in [5, 5.41) is 30.1. The van der Waals surface area contributed by atoms with E-state index in [0.717, 1.165) is 0 Å². The van der Waals surface area contributed by atoms with Gasteiger partial charge in [0.05, 0.1) is 21.8 Å². The summed E-state index contributed by atoms with van der Waals surface area (Å²) >= 11 is 0. The lowest BCUT2D eigenvalue weighted by molar-refractivity contribution is -0.384. The number of piperidine rings is 1. The van der Waals surface area contributed by atoms with Gasteiger partial charge in [0.2, 0.25) is 0 Å². The highest BCUT2D eigenvalue weighted by Crippen LogP contribution is 2.31. The van der Waals surface area contributed by atoms with Gasteiger partial charge in [-0.1, -0.05) is 0 Å². The molecule has 1 aromatic rings. The third-order valence-electron chi connectivity index (χ3n) is 3.44. The fourth-order valence-electron chi connectivity index (χ4n) is 2.50. The van der Waals surface area contributed by atoms with Crippen molar-refractivity contribution in [3.8, 4) is 0 Å². The Morgan fingerprint density at radius 1 is 1.50 bits per heavy atom. The van der Waals surface area contributed by atoms with E-state index >= 15 is 0 Å². The maximum absolute atomic E-state index is 11.2. The van der Waals surface area contributed by atoms with Gasteiger partial charge in [-0.15, -0.1) is 0 Å². The molecule has 2 N–H and O–H groups in total. The quantitative estimate of drug-likeness (QED) is 0.644. The van der Waals surface area contributed by atoms with Crippen LogP contribution in [0.2, 0.25) is 0 Å². The summed E-state index contributed by atoms with van der Waals surface area (Å²) in [6, 6.07) is 3.67. The molecule has 108 valence electrons. The summed E-state index contributed by atoms with van der Waals surface area (Å²) in [5.41, 5.74) is -0.784. The second-order valence-corrected chi connectivity index (χ2v) is 5.29. The fourth-order valence-corrected chi connectivity index (χ4v) is 2.50. The van der Waals surface area contributed by atoms with Gasteiger partial charge in [0.1, 0.15) is 0 Å². The lowest BCUT2D eigenvalue weighted by atomic mass is 9.94. The largest absolute Gasteiger partial charge is 0.478 e. The van der Waals surface area contributed by atoms with Crippen molar-refractivity contribution in [3.05, 3.63) is 33.9 Å². The van der Waals surface area contributed by atoms with Crippen molar-refractivity contribution in [2.75, 3.05) is 18.0 Å². The van der Waals surface area contributed by atoms with E-state index in [4.69, 9.17) is 0 Å². The van der Waals surface area contributed by atoms with Crippen molar-refractivity contribution < 1.29 is 19.9 Å². The number of hydrogen-bond donors (Lipinski definition) is 2. The molecule has 7 nitrogen and oxygen atoms in total. The number of carboxylic acid groups (broad SMARTS) is 1. The number of carbonyl (C=O) groups is 1. The molecule has 7 heteroatoms. The number of aliphatic hydroxyl groups is 1. The van der Waals surface area contributed by atoms with Crippen LogP contribution >= 0.6 is 0 Å². The summed E-state index contributed by atoms with van der Waals surface area (Å²) < 4.78 is 0. The highest BCUT2D eigenvalue weighted by Gasteiger charge is 2.31. The third-order valence-corrected chi connectivity index (χ3v) is 3.44. The van der Waals surface area contributed by atoms with E-state index in [2.05, 4.69) is 0 Å². The molecule has 1 unspecified atom stereocenters. The standard InChI is InChI=1S/C13H16N2O5/c1-13(18)5-2-6-14(8-13)11-7-9(15(19)20)3-4-10(11)12(16)17/h3-4,7,18H,2,5-6,8H2,1H3,(H,16,17). The van der Waals surface area contributed by atoms with Gasteiger partial charge in [-0.2, -0.15) is 0 Å². The van der Waals surface area contributed by atoms with E-state index in [1.807, 2.05) is 0 Å². The number of rotatable bonds is 3. The average molecular weight is 280 g/mol. The monoisotopic (exact) mass is 280 g/mol. The number of nitrogens with zero attached hydrogens (tertiary/aromatic N) is 2. The van der Waals surface area contributed by atoms with Crippen LogP contribution in [0.1, 0.15) is 30.1 Å². The smallest absolute Gasteiger partial charge is 0.337 e. The van der Waals surface area contributed by atoms with Crippen LogP contribution in [0, 0.1) is 10.1 Å². The van der Waals surface area contributed by atoms with E-state index in [0.29, 0.717) is 19.4 Å². The molecule has 20 heavy (non-hydrogen) atoms. The molecule has 1 fully saturated rings. The maximum atomic E-state index is 11.2. The first-order valence-corrected chi connectivity index (χ1v) is 6.29. The van der Waals surface area contributed by atoms with Gasteiger partial charge in [-0.3, -0.25) is 10.1 Å². The van der Waals surface area contributed by atoms with Crippen LogP contribution in [-0.4, -0.2) is 39.8 Å². The zero-order chi connectivity index (χ0) is 14.9. The zero-order valence-corrected chi connectivity index (χ0v) is 11.1. The summed E-state index contributed by atoms with van der Waals surface area (Å²) in [6.07, 6.45) is 1.33. The number of benzene rings is 1. The number of nitro groups is 1. The predicted octanol–water partition coefficient (Wildman–Crippen LogP) is 1.64. The van der Waals surface area contributed by atoms with Crippen molar-refractivity contribution in [2.45, 2.75) is 25.4 Å². The summed E-state index contributed by atoms with van der Waals surface area (Å²) in [7, 11) is 0. The number of non-ortho nitro benzene ring substituents is 1. The highest BCUT2D eigenvalue weighted by atomic mass is 16.6. The second-order valence-electron chi connectivity index (χ2n) is 5.29. The van der Waals surface area contributed by atoms with Crippen LogP contribution in [-0.2, 0) is 0 Å². The molecule has 2 rings (SSSR count). The first kappa shape index (κ1) is 14.3. The summed E-state index contributed by atoms with van der Waals surface area (Å²) in [5.74, 6) is -1.14. The fraction of sp³-hybridized carbons (Fsp3) is 0.462. The van der Waals surface area contributed by atoms with Gasteiger partial charge in [0, 0.05) is 25.2 Å².